The van der Waals surface area contributed by atoms with Crippen molar-refractivity contribution in [2.24, 2.45) is 0 Å². The molecule has 0 unspecified atom stereocenters. The van der Waals surface area contributed by atoms with E-state index in [4.69, 9.17) is 4.74 Å². The Morgan fingerprint density at radius 3 is 2.76 bits per heavy atom. The second-order valence-electron chi connectivity index (χ2n) is 4.41. The summed E-state index contributed by atoms with van der Waals surface area (Å²) in [6, 6.07) is 1.19. The van der Waals surface area contributed by atoms with Gasteiger partial charge in [-0.25, -0.2) is 0 Å². The zero-order chi connectivity index (χ0) is 15.8. The first-order valence-corrected chi connectivity index (χ1v) is 7.45. The van der Waals surface area contributed by atoms with Crippen molar-refractivity contribution in [3.05, 3.63) is 37.2 Å². The largest absolute Gasteiger partial charge is 0.466 e. The van der Waals surface area contributed by atoms with Gasteiger partial charge in [0.2, 0.25) is 0 Å². The molecule has 0 radical (unpaired) electrons. The number of unbranched alkanes of at least 4 members (excludes halogenated alkanes) is 2. The summed E-state index contributed by atoms with van der Waals surface area (Å²) in [7, 11) is 0. The van der Waals surface area contributed by atoms with Crippen LogP contribution in [0.4, 0.5) is 5.69 Å². The van der Waals surface area contributed by atoms with Gasteiger partial charge in [-0.15, -0.1) is 0 Å². The predicted octanol–water partition coefficient (Wildman–Crippen LogP) is 2.64. The minimum Gasteiger partial charge on any atom is -0.466 e. The average Bonchev–Trinajstić information content (AvgIpc) is 2.41. The lowest BCUT2D eigenvalue weighted by atomic mass is 10.2. The van der Waals surface area contributed by atoms with Gasteiger partial charge in [-0.1, -0.05) is 6.42 Å². The number of hydrogen-bond acceptors (Lipinski definition) is 5. The van der Waals surface area contributed by atoms with Crippen molar-refractivity contribution >= 4 is 27.6 Å². The fourth-order valence-corrected chi connectivity index (χ4v) is 2.31. The number of carbonyl (C=O) groups excluding carboxylic acids is 1. The van der Waals surface area contributed by atoms with Gasteiger partial charge in [0.15, 0.2) is 0 Å². The minimum absolute atomic E-state index is 0.229. The first kappa shape index (κ1) is 17.4. The van der Waals surface area contributed by atoms with Gasteiger partial charge in [0.1, 0.15) is 0 Å². The van der Waals surface area contributed by atoms with Crippen LogP contribution in [-0.2, 0) is 16.1 Å². The zero-order valence-electron chi connectivity index (χ0n) is 11.7. The molecule has 0 saturated carbocycles. The second-order valence-corrected chi connectivity index (χ2v) is 5.33. The third-order valence-corrected chi connectivity index (χ3v) is 3.25. The van der Waals surface area contributed by atoms with E-state index >= 15 is 0 Å². The molecule has 0 amide bonds. The van der Waals surface area contributed by atoms with Crippen LogP contribution in [0, 0.1) is 10.1 Å². The van der Waals surface area contributed by atoms with E-state index in [0.29, 0.717) is 36.9 Å². The Hall–Kier alpha value is -1.70. The van der Waals surface area contributed by atoms with E-state index in [9.17, 15) is 19.7 Å². The van der Waals surface area contributed by atoms with E-state index < -0.39 is 16.2 Å². The number of aromatic nitrogens is 1. The summed E-state index contributed by atoms with van der Waals surface area (Å²) in [5.74, 6) is -0.229. The maximum atomic E-state index is 11.8. The summed E-state index contributed by atoms with van der Waals surface area (Å²) in [5.41, 5.74) is -1.07. The molecule has 0 bridgehead atoms. The molecule has 1 heterocycles. The number of hydrogen-bond donors (Lipinski definition) is 0. The highest BCUT2D eigenvalue weighted by molar-refractivity contribution is 9.10. The molecule has 116 valence electrons. The Bertz CT molecular complexity index is 570. The Morgan fingerprint density at radius 1 is 1.43 bits per heavy atom. The molecule has 0 N–H and O–H groups in total. The predicted molar refractivity (Wildman–Crippen MR) is 80.2 cm³/mol. The smallest absolute Gasteiger partial charge is 0.335 e. The number of rotatable bonds is 8. The molecule has 0 aliphatic rings. The van der Waals surface area contributed by atoms with Crippen LogP contribution in [0.5, 0.6) is 0 Å². The van der Waals surface area contributed by atoms with Gasteiger partial charge in [0.05, 0.1) is 11.5 Å². The number of ether oxygens (including phenoxy) is 1. The molecule has 7 nitrogen and oxygen atoms in total. The molecule has 0 aliphatic heterocycles. The SMILES string of the molecule is CCOC(=O)CCCCCn1cc(Br)cc([N+](=O)[O-])c1=O. The second kappa shape index (κ2) is 8.56. The topological polar surface area (TPSA) is 91.4 Å². The quantitative estimate of drug-likeness (QED) is 0.307. The van der Waals surface area contributed by atoms with Crippen molar-refractivity contribution in [1.29, 1.82) is 0 Å². The highest BCUT2D eigenvalue weighted by Crippen LogP contribution is 2.14. The number of esters is 1. The van der Waals surface area contributed by atoms with Crippen molar-refractivity contribution in [1.82, 2.24) is 4.57 Å². The van der Waals surface area contributed by atoms with Crippen LogP contribution in [0.2, 0.25) is 0 Å². The van der Waals surface area contributed by atoms with Gasteiger partial charge >= 0.3 is 17.2 Å². The Morgan fingerprint density at radius 2 is 2.14 bits per heavy atom. The lowest BCUT2D eigenvalue weighted by Gasteiger charge is -2.06. The van der Waals surface area contributed by atoms with Crippen molar-refractivity contribution in [2.45, 2.75) is 39.2 Å². The molecule has 1 aromatic heterocycles. The molecule has 1 rings (SSSR count). The van der Waals surface area contributed by atoms with Crippen LogP contribution >= 0.6 is 15.9 Å². The van der Waals surface area contributed by atoms with Crippen molar-refractivity contribution in [3.8, 4) is 0 Å². The third-order valence-electron chi connectivity index (χ3n) is 2.82. The van der Waals surface area contributed by atoms with Crippen LogP contribution in [0.3, 0.4) is 0 Å². The molecule has 0 spiro atoms. The molecule has 0 aliphatic carbocycles. The molecular formula is C13H17BrN2O5. The Labute approximate surface area is 130 Å². The average molecular weight is 361 g/mol. The summed E-state index contributed by atoms with van der Waals surface area (Å²) >= 11 is 3.15. The maximum absolute atomic E-state index is 11.8. The summed E-state index contributed by atoms with van der Waals surface area (Å²) in [4.78, 5) is 33.1. The van der Waals surface area contributed by atoms with E-state index in [0.717, 1.165) is 6.42 Å². The summed E-state index contributed by atoms with van der Waals surface area (Å²) in [5, 5.41) is 10.8. The number of nitrogens with zero attached hydrogens (tertiary/aromatic N) is 2. The van der Waals surface area contributed by atoms with Crippen LogP contribution in [-0.4, -0.2) is 22.1 Å². The molecular weight excluding hydrogens is 344 g/mol. The number of pyridine rings is 1. The molecule has 21 heavy (non-hydrogen) atoms. The summed E-state index contributed by atoms with van der Waals surface area (Å²) in [6.45, 7) is 2.50. The fraction of sp³-hybridized carbons (Fsp3) is 0.538. The highest BCUT2D eigenvalue weighted by Gasteiger charge is 2.15. The van der Waals surface area contributed by atoms with Gasteiger partial charge in [0, 0.05) is 29.7 Å². The lowest BCUT2D eigenvalue weighted by Crippen LogP contribution is -2.22. The first-order chi connectivity index (χ1) is 9.95. The third kappa shape index (κ3) is 5.66. The normalized spacial score (nSPS) is 10.4. The van der Waals surface area contributed by atoms with E-state index in [1.807, 2.05) is 0 Å². The standard InChI is InChI=1S/C13H17BrN2O5/c1-2-21-12(17)6-4-3-5-7-15-9-10(14)8-11(13(15)18)16(19)20/h8-9H,2-7H2,1H3. The van der Waals surface area contributed by atoms with E-state index in [1.54, 1.807) is 6.92 Å². The Kier molecular flexibility index (Phi) is 7.07. The molecule has 8 heteroatoms. The Balaban J connectivity index is 2.51. The van der Waals surface area contributed by atoms with E-state index in [2.05, 4.69) is 15.9 Å². The van der Waals surface area contributed by atoms with Crippen LogP contribution in [0.1, 0.15) is 32.6 Å². The maximum Gasteiger partial charge on any atom is 0.335 e. The van der Waals surface area contributed by atoms with Gasteiger partial charge < -0.3 is 9.30 Å². The molecule has 0 fully saturated rings. The fourth-order valence-electron chi connectivity index (χ4n) is 1.84. The summed E-state index contributed by atoms with van der Waals surface area (Å²) in [6.07, 6.45) is 3.95. The number of carbonyl (C=O) groups is 1. The first-order valence-electron chi connectivity index (χ1n) is 6.65. The van der Waals surface area contributed by atoms with E-state index in [-0.39, 0.29) is 5.97 Å². The van der Waals surface area contributed by atoms with Crippen molar-refractivity contribution in [3.63, 3.8) is 0 Å². The van der Waals surface area contributed by atoms with Crippen LogP contribution in [0.15, 0.2) is 21.5 Å². The van der Waals surface area contributed by atoms with E-state index in [1.165, 1.54) is 16.8 Å². The number of nitro groups is 1. The van der Waals surface area contributed by atoms with Crippen LogP contribution in [0.25, 0.3) is 0 Å². The van der Waals surface area contributed by atoms with Crippen LogP contribution < -0.4 is 5.56 Å². The molecule has 0 aromatic carbocycles. The highest BCUT2D eigenvalue weighted by atomic mass is 79.9. The number of aryl methyl sites for hydroxylation is 1. The van der Waals surface area contributed by atoms with Gasteiger partial charge in [0.25, 0.3) is 0 Å². The molecule has 0 atom stereocenters. The lowest BCUT2D eigenvalue weighted by molar-refractivity contribution is -0.386. The van der Waals surface area contributed by atoms with Gasteiger partial charge in [-0.3, -0.25) is 19.7 Å². The minimum atomic E-state index is -0.690. The molecule has 0 saturated heterocycles. The van der Waals surface area contributed by atoms with Gasteiger partial charge in [-0.05, 0) is 35.7 Å². The monoisotopic (exact) mass is 360 g/mol. The van der Waals surface area contributed by atoms with Crippen molar-refractivity contribution in [2.75, 3.05) is 6.61 Å². The molecule has 1 aromatic rings. The zero-order valence-corrected chi connectivity index (χ0v) is 13.3. The van der Waals surface area contributed by atoms with Gasteiger partial charge in [-0.2, -0.15) is 0 Å². The van der Waals surface area contributed by atoms with Crippen molar-refractivity contribution < 1.29 is 14.5 Å². The summed E-state index contributed by atoms with van der Waals surface area (Å²) < 4.78 is 6.61. The number of halogens is 1.